The first-order chi connectivity index (χ1) is 9.88. The van der Waals surface area contributed by atoms with Crippen molar-refractivity contribution >= 4 is 9.03 Å². The summed E-state index contributed by atoms with van der Waals surface area (Å²) in [5.74, 6) is 0. The van der Waals surface area contributed by atoms with Crippen LogP contribution in [-0.2, 0) is 9.94 Å². The van der Waals surface area contributed by atoms with Crippen LogP contribution >= 0.6 is 9.03 Å². The maximum absolute atomic E-state index is 9.27. The highest BCUT2D eigenvalue weighted by molar-refractivity contribution is 7.25. The van der Waals surface area contributed by atoms with E-state index in [1.54, 1.807) is 0 Å². The normalized spacial score (nSPS) is 22.6. The second-order valence-corrected chi connectivity index (χ2v) is 6.07. The molecule has 4 rings (SSSR count). The molecule has 1 fully saturated rings. The maximum Gasteiger partial charge on any atom is 0.152 e. The van der Waals surface area contributed by atoms with Crippen LogP contribution in [0.4, 0.5) is 0 Å². The van der Waals surface area contributed by atoms with Crippen molar-refractivity contribution in [2.45, 2.75) is 30.8 Å². The summed E-state index contributed by atoms with van der Waals surface area (Å²) < 4.78 is 5.74. The van der Waals surface area contributed by atoms with Crippen LogP contribution in [0, 0.1) is 0 Å². The molecule has 1 saturated carbocycles. The Labute approximate surface area is 120 Å². The lowest BCUT2D eigenvalue weighted by molar-refractivity contribution is 0.165. The third-order valence-electron chi connectivity index (χ3n) is 4.89. The molecule has 20 heavy (non-hydrogen) atoms. The Morgan fingerprint density at radius 1 is 1.00 bits per heavy atom. The minimum Gasteiger partial charge on any atom is -0.352 e. The fourth-order valence-corrected chi connectivity index (χ4v) is 4.62. The Morgan fingerprint density at radius 2 is 1.60 bits per heavy atom. The van der Waals surface area contributed by atoms with E-state index in [0.29, 0.717) is 0 Å². The zero-order valence-electron chi connectivity index (χ0n) is 11.2. The van der Waals surface area contributed by atoms with Crippen molar-refractivity contribution in [2.75, 3.05) is 0 Å². The van der Waals surface area contributed by atoms with E-state index in [2.05, 4.69) is 48.5 Å². The zero-order valence-corrected chi connectivity index (χ0v) is 12.2. The van der Waals surface area contributed by atoms with Crippen molar-refractivity contribution in [3.05, 3.63) is 59.7 Å². The van der Waals surface area contributed by atoms with Gasteiger partial charge in [0.15, 0.2) is 9.03 Å². The number of hydrogen-bond acceptors (Lipinski definition) is 2. The summed E-state index contributed by atoms with van der Waals surface area (Å²) in [5, 5.41) is 0. The number of fused-ring (bicyclic) bond motifs is 5. The van der Waals surface area contributed by atoms with Gasteiger partial charge in [-0.1, -0.05) is 48.5 Å². The van der Waals surface area contributed by atoms with Crippen molar-refractivity contribution in [1.82, 2.24) is 0 Å². The number of hydrogen-bond donors (Lipinski definition) is 1. The van der Waals surface area contributed by atoms with Crippen LogP contribution in [0.3, 0.4) is 0 Å². The molecule has 0 radical (unpaired) electrons. The Bertz CT molecular complexity index is 607. The van der Waals surface area contributed by atoms with Gasteiger partial charge in [0.2, 0.25) is 0 Å². The van der Waals surface area contributed by atoms with Crippen molar-refractivity contribution in [3.63, 3.8) is 0 Å². The van der Waals surface area contributed by atoms with E-state index in [0.717, 1.165) is 19.3 Å². The molecule has 3 heteroatoms. The summed E-state index contributed by atoms with van der Waals surface area (Å²) >= 11 is 0. The van der Waals surface area contributed by atoms with E-state index in [4.69, 9.17) is 4.52 Å². The van der Waals surface area contributed by atoms with Crippen molar-refractivity contribution in [3.8, 4) is 11.1 Å². The van der Waals surface area contributed by atoms with E-state index >= 15 is 0 Å². The van der Waals surface area contributed by atoms with Gasteiger partial charge in [0.1, 0.15) is 0 Å². The Morgan fingerprint density at radius 3 is 2.20 bits per heavy atom. The predicted molar refractivity (Wildman–Crippen MR) is 81.9 cm³/mol. The highest BCUT2D eigenvalue weighted by Crippen LogP contribution is 2.58. The molecule has 0 aromatic heterocycles. The van der Waals surface area contributed by atoms with Crippen molar-refractivity contribution in [2.24, 2.45) is 0 Å². The third kappa shape index (κ3) is 1.50. The number of benzene rings is 2. The Balaban J connectivity index is 1.99. The first kappa shape index (κ1) is 12.5. The molecule has 2 aromatic carbocycles. The Hall–Kier alpha value is -1.21. The lowest BCUT2D eigenvalue weighted by Crippen LogP contribution is -2.34. The smallest absolute Gasteiger partial charge is 0.152 e. The van der Waals surface area contributed by atoms with E-state index in [-0.39, 0.29) is 11.5 Å². The molecule has 2 aromatic rings. The van der Waals surface area contributed by atoms with Crippen LogP contribution in [0.5, 0.6) is 0 Å². The highest BCUT2D eigenvalue weighted by Gasteiger charge is 2.51. The van der Waals surface area contributed by atoms with E-state index in [1.165, 1.54) is 22.3 Å². The summed E-state index contributed by atoms with van der Waals surface area (Å²) in [6, 6.07) is 17.3. The molecule has 2 nitrogen and oxygen atoms in total. The molecule has 0 heterocycles. The molecule has 1 N–H and O–H groups in total. The molecular formula is C17H17O2P. The SMILES string of the molecule is OPOC1CCCC12c1ccccc1-c1ccccc12. The molecular weight excluding hydrogens is 267 g/mol. The molecule has 0 saturated heterocycles. The van der Waals surface area contributed by atoms with Crippen LogP contribution in [0.1, 0.15) is 30.4 Å². The lowest BCUT2D eigenvalue weighted by atomic mass is 9.75. The van der Waals surface area contributed by atoms with Gasteiger partial charge >= 0.3 is 0 Å². The van der Waals surface area contributed by atoms with Gasteiger partial charge in [0, 0.05) is 5.41 Å². The summed E-state index contributed by atoms with van der Waals surface area (Å²) in [4.78, 5) is 9.27. The average Bonchev–Trinajstić information content (AvgIpc) is 3.04. The summed E-state index contributed by atoms with van der Waals surface area (Å²) in [5.41, 5.74) is 5.37. The quantitative estimate of drug-likeness (QED) is 0.844. The minimum atomic E-state index is -0.433. The first-order valence-electron chi connectivity index (χ1n) is 7.12. The third-order valence-corrected chi connectivity index (χ3v) is 5.28. The average molecular weight is 284 g/mol. The lowest BCUT2D eigenvalue weighted by Gasteiger charge is -2.33. The molecule has 2 unspecified atom stereocenters. The monoisotopic (exact) mass is 284 g/mol. The van der Waals surface area contributed by atoms with Crippen LogP contribution in [0.25, 0.3) is 11.1 Å². The standard InChI is InChI=1S/C17H17O2P/c18-20-19-16-10-5-11-17(16)14-8-3-1-6-12(14)13-7-2-4-9-15(13)17/h1-4,6-9,16,18,20H,5,10-11H2. The van der Waals surface area contributed by atoms with Gasteiger partial charge in [-0.05, 0) is 41.5 Å². The van der Waals surface area contributed by atoms with Gasteiger partial charge in [-0.15, -0.1) is 0 Å². The molecule has 0 amide bonds. The second-order valence-electron chi connectivity index (χ2n) is 5.65. The van der Waals surface area contributed by atoms with E-state index in [1.807, 2.05) is 0 Å². The zero-order chi connectivity index (χ0) is 13.6. The number of rotatable bonds is 2. The van der Waals surface area contributed by atoms with Gasteiger partial charge in [0.25, 0.3) is 0 Å². The predicted octanol–water partition coefficient (Wildman–Crippen LogP) is 4.02. The summed E-state index contributed by atoms with van der Waals surface area (Å²) in [6.45, 7) is 0. The van der Waals surface area contributed by atoms with Gasteiger partial charge in [-0.2, -0.15) is 0 Å². The van der Waals surface area contributed by atoms with Gasteiger partial charge in [-0.3, -0.25) is 0 Å². The molecule has 1 spiro atoms. The van der Waals surface area contributed by atoms with Crippen LogP contribution < -0.4 is 0 Å². The highest BCUT2D eigenvalue weighted by atomic mass is 31.1. The molecule has 2 aliphatic rings. The second kappa shape index (κ2) is 4.66. The van der Waals surface area contributed by atoms with E-state index < -0.39 is 9.03 Å². The van der Waals surface area contributed by atoms with Crippen LogP contribution in [0.2, 0.25) is 0 Å². The maximum atomic E-state index is 9.27. The minimum absolute atomic E-state index is 0.0527. The fourth-order valence-electron chi connectivity index (χ4n) is 4.17. The van der Waals surface area contributed by atoms with Crippen LogP contribution in [-0.4, -0.2) is 11.0 Å². The molecule has 0 bridgehead atoms. The topological polar surface area (TPSA) is 29.5 Å². The molecule has 0 aliphatic heterocycles. The van der Waals surface area contributed by atoms with Gasteiger partial charge in [-0.25, -0.2) is 0 Å². The summed E-state index contributed by atoms with van der Waals surface area (Å²) in [7, 11) is -0.433. The summed E-state index contributed by atoms with van der Waals surface area (Å²) in [6.07, 6.45) is 3.38. The molecule has 2 aliphatic carbocycles. The van der Waals surface area contributed by atoms with Crippen molar-refractivity contribution in [1.29, 1.82) is 0 Å². The van der Waals surface area contributed by atoms with Crippen LogP contribution in [0.15, 0.2) is 48.5 Å². The first-order valence-corrected chi connectivity index (χ1v) is 7.97. The molecule has 2 atom stereocenters. The van der Waals surface area contributed by atoms with Gasteiger partial charge < -0.3 is 9.42 Å². The largest absolute Gasteiger partial charge is 0.352 e. The Kier molecular flexibility index (Phi) is 2.92. The molecule has 102 valence electrons. The van der Waals surface area contributed by atoms with Gasteiger partial charge in [0.05, 0.1) is 6.10 Å². The fraction of sp³-hybridized carbons (Fsp3) is 0.294. The van der Waals surface area contributed by atoms with Crippen molar-refractivity contribution < 1.29 is 9.42 Å². The van der Waals surface area contributed by atoms with E-state index in [9.17, 15) is 4.89 Å².